The van der Waals surface area contributed by atoms with Gasteiger partial charge in [0, 0.05) is 6.07 Å². The van der Waals surface area contributed by atoms with Gasteiger partial charge in [0.15, 0.2) is 17.3 Å². The quantitative estimate of drug-likeness (QED) is 0.621. The Morgan fingerprint density at radius 1 is 1.10 bits per heavy atom. The summed E-state index contributed by atoms with van der Waals surface area (Å²) in [5, 5.41) is 24.3. The lowest BCUT2D eigenvalue weighted by atomic mass is 9.95. The number of carbonyl (C=O) groups excluding carboxylic acids is 2. The highest BCUT2D eigenvalue weighted by atomic mass is 35.5. The Labute approximate surface area is 171 Å². The number of carbonyl (C=O) groups is 2. The summed E-state index contributed by atoms with van der Waals surface area (Å²) in [5.41, 5.74) is 0.260. The summed E-state index contributed by atoms with van der Waals surface area (Å²) in [6, 6.07) is 9.69. The molecule has 9 heteroatoms. The van der Waals surface area contributed by atoms with Crippen LogP contribution in [0.1, 0.15) is 33.7 Å². The average molecular weight is 417 g/mol. The van der Waals surface area contributed by atoms with E-state index >= 15 is 0 Å². The van der Waals surface area contributed by atoms with Gasteiger partial charge in [-0.25, -0.2) is 0 Å². The molecule has 29 heavy (non-hydrogen) atoms. The van der Waals surface area contributed by atoms with Crippen LogP contribution >= 0.6 is 12.4 Å². The number of hydrogen-bond donors (Lipinski definition) is 2. The summed E-state index contributed by atoms with van der Waals surface area (Å²) in [6.07, 6.45) is 0. The molecule has 1 aliphatic heterocycles. The second-order valence-corrected chi connectivity index (χ2v) is 6.47. The number of Topliss-reactive ketones (excluding diaryl/α,β-unsaturated/α-hetero) is 1. The van der Waals surface area contributed by atoms with Gasteiger partial charge in [-0.05, 0) is 43.7 Å². The van der Waals surface area contributed by atoms with Crippen LogP contribution in [0.5, 0.6) is 5.75 Å². The summed E-state index contributed by atoms with van der Waals surface area (Å²) in [6.45, 7) is 3.34. The normalized spacial score (nSPS) is 16.3. The number of aliphatic hydroxyl groups excluding tert-OH is 1. The van der Waals surface area contributed by atoms with Crippen LogP contribution in [-0.2, 0) is 4.79 Å². The Hall–Kier alpha value is -3.52. The first-order valence-electron chi connectivity index (χ1n) is 8.47. The number of benzene rings is 1. The Bertz CT molecular complexity index is 1130. The fraction of sp³-hybridized carbons (Fsp3) is 0.150. The number of rotatable bonds is 4. The van der Waals surface area contributed by atoms with Crippen molar-refractivity contribution in [2.45, 2.75) is 19.9 Å². The molecule has 1 aliphatic rings. The molecule has 0 bridgehead atoms. The van der Waals surface area contributed by atoms with E-state index in [-0.39, 0.29) is 35.3 Å². The van der Waals surface area contributed by atoms with E-state index in [4.69, 9.17) is 8.94 Å². The molecule has 1 atom stereocenters. The van der Waals surface area contributed by atoms with E-state index in [1.165, 1.54) is 24.3 Å². The summed E-state index contributed by atoms with van der Waals surface area (Å²) in [5.74, 6) is -1.07. The lowest BCUT2D eigenvalue weighted by Gasteiger charge is -2.24. The summed E-state index contributed by atoms with van der Waals surface area (Å²) in [7, 11) is 0. The number of nitrogens with zero attached hydrogens (tertiary/aromatic N) is 2. The molecule has 4 rings (SSSR count). The Morgan fingerprint density at radius 2 is 1.86 bits per heavy atom. The zero-order chi connectivity index (χ0) is 20.0. The molecule has 8 nitrogen and oxygen atoms in total. The van der Waals surface area contributed by atoms with E-state index < -0.39 is 23.5 Å². The zero-order valence-electron chi connectivity index (χ0n) is 15.4. The van der Waals surface area contributed by atoms with Crippen LogP contribution in [-0.4, -0.2) is 27.1 Å². The highest BCUT2D eigenvalue weighted by Gasteiger charge is 2.46. The SMILES string of the molecule is Cc1cc(N2C(=O)C(O)=C(C(=O)c3ccc(C)o3)C2c2cccc(O)c2)no1.Cl. The molecule has 2 N–H and O–H groups in total. The molecule has 1 amide bonds. The van der Waals surface area contributed by atoms with Crippen LogP contribution in [0.4, 0.5) is 5.82 Å². The average Bonchev–Trinajstić information content (AvgIpc) is 3.34. The van der Waals surface area contributed by atoms with Crippen LogP contribution in [0.15, 0.2) is 62.7 Å². The molecule has 2 aromatic heterocycles. The van der Waals surface area contributed by atoms with Crippen molar-refractivity contribution >= 4 is 29.9 Å². The van der Waals surface area contributed by atoms with Crippen LogP contribution in [0.25, 0.3) is 0 Å². The largest absolute Gasteiger partial charge is 0.508 e. The predicted molar refractivity (Wildman–Crippen MR) is 104 cm³/mol. The maximum Gasteiger partial charge on any atom is 0.295 e. The molecule has 1 unspecified atom stereocenters. The van der Waals surface area contributed by atoms with Crippen molar-refractivity contribution in [3.63, 3.8) is 0 Å². The molecule has 0 saturated carbocycles. The maximum absolute atomic E-state index is 13.1. The third kappa shape index (κ3) is 3.38. The van der Waals surface area contributed by atoms with Gasteiger partial charge in [0.25, 0.3) is 5.91 Å². The number of aromatic nitrogens is 1. The second-order valence-electron chi connectivity index (χ2n) is 6.47. The molecular formula is C20H17ClN2O6. The number of furan rings is 1. The third-order valence-electron chi connectivity index (χ3n) is 4.47. The number of halogens is 1. The van der Waals surface area contributed by atoms with Crippen molar-refractivity contribution in [1.29, 1.82) is 0 Å². The van der Waals surface area contributed by atoms with Gasteiger partial charge in [-0.1, -0.05) is 17.3 Å². The van der Waals surface area contributed by atoms with Crippen molar-refractivity contribution < 1.29 is 28.7 Å². The predicted octanol–water partition coefficient (Wildman–Crippen LogP) is 3.79. The molecule has 3 heterocycles. The molecule has 3 aromatic rings. The lowest BCUT2D eigenvalue weighted by molar-refractivity contribution is -0.117. The van der Waals surface area contributed by atoms with Crippen molar-refractivity contribution in [1.82, 2.24) is 5.16 Å². The Morgan fingerprint density at radius 3 is 2.45 bits per heavy atom. The van der Waals surface area contributed by atoms with Crippen molar-refractivity contribution in [3.8, 4) is 5.75 Å². The molecule has 0 radical (unpaired) electrons. The van der Waals surface area contributed by atoms with Gasteiger partial charge in [-0.2, -0.15) is 0 Å². The van der Waals surface area contributed by atoms with Crippen molar-refractivity contribution in [3.05, 3.63) is 76.6 Å². The van der Waals surface area contributed by atoms with Gasteiger partial charge in [0.1, 0.15) is 17.3 Å². The molecule has 0 fully saturated rings. The number of aliphatic hydroxyl groups is 1. The number of phenolic OH excluding ortho intramolecular Hbond substituents is 1. The van der Waals surface area contributed by atoms with Gasteiger partial charge in [-0.3, -0.25) is 14.5 Å². The number of phenols is 1. The van der Waals surface area contributed by atoms with Gasteiger partial charge < -0.3 is 19.2 Å². The molecule has 0 aliphatic carbocycles. The monoisotopic (exact) mass is 416 g/mol. The van der Waals surface area contributed by atoms with Gasteiger partial charge in [0.2, 0.25) is 5.78 Å². The van der Waals surface area contributed by atoms with Crippen LogP contribution < -0.4 is 4.90 Å². The van der Waals surface area contributed by atoms with Crippen LogP contribution in [0, 0.1) is 13.8 Å². The van der Waals surface area contributed by atoms with E-state index in [2.05, 4.69) is 5.16 Å². The first-order chi connectivity index (χ1) is 13.4. The van der Waals surface area contributed by atoms with Gasteiger partial charge in [-0.15, -0.1) is 12.4 Å². The first kappa shape index (κ1) is 20.2. The topological polar surface area (TPSA) is 117 Å². The molecule has 0 saturated heterocycles. The third-order valence-corrected chi connectivity index (χ3v) is 4.47. The number of amides is 1. The van der Waals surface area contributed by atoms with Crippen LogP contribution in [0.2, 0.25) is 0 Å². The molecule has 0 spiro atoms. The maximum atomic E-state index is 13.1. The lowest BCUT2D eigenvalue weighted by Crippen LogP contribution is -2.31. The first-order valence-corrected chi connectivity index (χ1v) is 8.47. The van der Waals surface area contributed by atoms with E-state index in [1.807, 2.05) is 0 Å². The second kappa shape index (κ2) is 7.48. The fourth-order valence-electron chi connectivity index (χ4n) is 3.24. The Kier molecular flexibility index (Phi) is 5.21. The standard InChI is InChI=1S/C20H16N2O6.ClH/c1-10-6-7-14(27-10)18(24)16-17(12-4-3-5-13(23)9-12)22(20(26)19(16)25)15-8-11(2)28-21-15;/h3-9,17,23,25H,1-2H3;1H. The Balaban J connectivity index is 0.00000240. The summed E-state index contributed by atoms with van der Waals surface area (Å²) in [4.78, 5) is 27.1. The van der Waals surface area contributed by atoms with Crippen LogP contribution in [0.3, 0.4) is 0 Å². The smallest absolute Gasteiger partial charge is 0.295 e. The highest BCUT2D eigenvalue weighted by molar-refractivity contribution is 6.20. The van der Waals surface area contributed by atoms with Gasteiger partial charge >= 0.3 is 0 Å². The number of aromatic hydroxyl groups is 1. The highest BCUT2D eigenvalue weighted by Crippen LogP contribution is 2.42. The minimum atomic E-state index is -1.01. The summed E-state index contributed by atoms with van der Waals surface area (Å²) < 4.78 is 10.4. The molecule has 150 valence electrons. The van der Waals surface area contributed by atoms with E-state index in [0.717, 1.165) is 4.90 Å². The number of aryl methyl sites for hydroxylation is 2. The molecular weight excluding hydrogens is 400 g/mol. The minimum absolute atomic E-state index is 0. The van der Waals surface area contributed by atoms with E-state index in [0.29, 0.717) is 17.1 Å². The van der Waals surface area contributed by atoms with E-state index in [1.54, 1.807) is 32.0 Å². The number of hydrogen-bond acceptors (Lipinski definition) is 7. The van der Waals surface area contributed by atoms with E-state index in [9.17, 15) is 19.8 Å². The van der Waals surface area contributed by atoms with Gasteiger partial charge in [0.05, 0.1) is 11.6 Å². The number of anilines is 1. The van der Waals surface area contributed by atoms with Crippen molar-refractivity contribution in [2.24, 2.45) is 0 Å². The van der Waals surface area contributed by atoms with Crippen molar-refractivity contribution in [2.75, 3.05) is 4.90 Å². The summed E-state index contributed by atoms with van der Waals surface area (Å²) >= 11 is 0. The fourth-order valence-corrected chi connectivity index (χ4v) is 3.24. The minimum Gasteiger partial charge on any atom is -0.508 e. The number of ketones is 1. The zero-order valence-corrected chi connectivity index (χ0v) is 16.3. The molecule has 1 aromatic carbocycles.